The van der Waals surface area contributed by atoms with Gasteiger partial charge in [0.25, 0.3) is 0 Å². The van der Waals surface area contributed by atoms with Crippen molar-refractivity contribution in [3.8, 4) is 0 Å². The molecule has 0 spiro atoms. The lowest BCUT2D eigenvalue weighted by atomic mass is 10.3. The number of aliphatic hydroxyl groups excluding tert-OH is 1. The fraction of sp³-hybridized carbons (Fsp3) is 0. The van der Waals surface area contributed by atoms with E-state index < -0.39 is 0 Å². The second kappa shape index (κ2) is 4.27. The van der Waals surface area contributed by atoms with Gasteiger partial charge in [0.15, 0.2) is 5.78 Å². The molecule has 2 heteroatoms. The minimum Gasteiger partial charge on any atom is -0.386 e. The molecular formula is C6H7O2. The molecular weight excluding hydrogens is 104 g/mol. The highest BCUT2D eigenvalue weighted by molar-refractivity contribution is 5.98. The van der Waals surface area contributed by atoms with Crippen LogP contribution in [0.25, 0.3) is 0 Å². The Morgan fingerprint density at radius 1 is 1.62 bits per heavy atom. The zero-order valence-corrected chi connectivity index (χ0v) is 4.37. The summed E-state index contributed by atoms with van der Waals surface area (Å²) in [5, 5.41) is 8.01. The standard InChI is InChI=1S/C6H7O2/c1-2-6(8)4-3-5-7/h2-5,7H,1H2. The van der Waals surface area contributed by atoms with E-state index in [0.29, 0.717) is 0 Å². The Labute approximate surface area is 48.1 Å². The third-order valence-corrected chi connectivity index (χ3v) is 0.548. The van der Waals surface area contributed by atoms with E-state index in [1.54, 1.807) is 0 Å². The largest absolute Gasteiger partial charge is 0.386 e. The zero-order chi connectivity index (χ0) is 6.41. The summed E-state index contributed by atoms with van der Waals surface area (Å²) in [4.78, 5) is 10.2. The van der Waals surface area contributed by atoms with Gasteiger partial charge in [-0.2, -0.15) is 0 Å². The van der Waals surface area contributed by atoms with Gasteiger partial charge in [0, 0.05) is 0 Å². The molecule has 0 aliphatic rings. The van der Waals surface area contributed by atoms with Gasteiger partial charge in [0.05, 0.1) is 0 Å². The van der Waals surface area contributed by atoms with Crippen molar-refractivity contribution in [1.82, 2.24) is 0 Å². The van der Waals surface area contributed by atoms with Crippen LogP contribution < -0.4 is 0 Å². The van der Waals surface area contributed by atoms with Gasteiger partial charge in [-0.25, -0.2) is 0 Å². The number of allylic oxidation sites excluding steroid dienone is 2. The van der Waals surface area contributed by atoms with Crippen LogP contribution in [0.4, 0.5) is 0 Å². The SMILES string of the molecule is C=CC(=O)C=C[CH]O. The molecule has 0 unspecified atom stereocenters. The van der Waals surface area contributed by atoms with Crippen LogP contribution in [0.15, 0.2) is 24.8 Å². The zero-order valence-electron chi connectivity index (χ0n) is 4.37. The van der Waals surface area contributed by atoms with Crippen LogP contribution >= 0.6 is 0 Å². The molecule has 1 N–H and O–H groups in total. The molecule has 0 amide bonds. The van der Waals surface area contributed by atoms with Gasteiger partial charge in [0.1, 0.15) is 6.61 Å². The molecule has 0 aliphatic carbocycles. The maximum absolute atomic E-state index is 10.2. The van der Waals surface area contributed by atoms with Crippen molar-refractivity contribution in [3.63, 3.8) is 0 Å². The molecule has 0 rings (SSSR count). The Morgan fingerprint density at radius 2 is 2.25 bits per heavy atom. The lowest BCUT2D eigenvalue weighted by Crippen LogP contribution is -1.81. The molecule has 0 atom stereocenters. The second-order valence-electron chi connectivity index (χ2n) is 1.11. The van der Waals surface area contributed by atoms with Gasteiger partial charge >= 0.3 is 0 Å². The van der Waals surface area contributed by atoms with E-state index in [0.717, 1.165) is 6.61 Å². The van der Waals surface area contributed by atoms with Gasteiger partial charge in [-0.05, 0) is 18.2 Å². The molecule has 0 bridgehead atoms. The number of ketones is 1. The number of carbonyl (C=O) groups is 1. The first-order chi connectivity index (χ1) is 3.81. The summed E-state index contributed by atoms with van der Waals surface area (Å²) >= 11 is 0. The second-order valence-corrected chi connectivity index (χ2v) is 1.11. The van der Waals surface area contributed by atoms with Crippen molar-refractivity contribution < 1.29 is 9.90 Å². The molecule has 0 saturated carbocycles. The predicted molar refractivity (Wildman–Crippen MR) is 30.6 cm³/mol. The van der Waals surface area contributed by atoms with Crippen molar-refractivity contribution in [2.24, 2.45) is 0 Å². The highest BCUT2D eigenvalue weighted by atomic mass is 16.2. The molecule has 0 fully saturated rings. The summed E-state index contributed by atoms with van der Waals surface area (Å²) in [6, 6.07) is 0. The summed E-state index contributed by atoms with van der Waals surface area (Å²) in [5.41, 5.74) is 0. The molecule has 43 valence electrons. The molecule has 0 aromatic carbocycles. The van der Waals surface area contributed by atoms with Gasteiger partial charge in [-0.3, -0.25) is 4.79 Å². The summed E-state index contributed by atoms with van der Waals surface area (Å²) in [5.74, 6) is -0.213. The van der Waals surface area contributed by atoms with E-state index in [9.17, 15) is 4.79 Å². The van der Waals surface area contributed by atoms with Crippen LogP contribution in [-0.4, -0.2) is 10.9 Å². The van der Waals surface area contributed by atoms with E-state index in [-0.39, 0.29) is 5.78 Å². The fourth-order valence-electron chi connectivity index (χ4n) is 0.206. The molecule has 0 aromatic heterocycles. The Hall–Kier alpha value is -0.890. The molecule has 1 radical (unpaired) electrons. The van der Waals surface area contributed by atoms with E-state index >= 15 is 0 Å². The number of aliphatic hydroxyl groups is 1. The molecule has 8 heavy (non-hydrogen) atoms. The summed E-state index contributed by atoms with van der Waals surface area (Å²) in [6.45, 7) is 4.01. The van der Waals surface area contributed by atoms with Crippen LogP contribution in [0.1, 0.15) is 0 Å². The molecule has 2 nitrogen and oxygen atoms in total. The van der Waals surface area contributed by atoms with Crippen molar-refractivity contribution >= 4 is 5.78 Å². The Morgan fingerprint density at radius 3 is 2.62 bits per heavy atom. The Balaban J connectivity index is 3.52. The highest BCUT2D eigenvalue weighted by Gasteiger charge is 1.81. The summed E-state index contributed by atoms with van der Waals surface area (Å²) in [6.07, 6.45) is 3.62. The Bertz CT molecular complexity index is 114. The van der Waals surface area contributed by atoms with E-state index in [4.69, 9.17) is 5.11 Å². The van der Waals surface area contributed by atoms with Gasteiger partial charge in [0.2, 0.25) is 0 Å². The van der Waals surface area contributed by atoms with Crippen LogP contribution in [-0.2, 0) is 4.79 Å². The van der Waals surface area contributed by atoms with Crippen LogP contribution in [0.2, 0.25) is 0 Å². The van der Waals surface area contributed by atoms with Crippen molar-refractivity contribution in [2.75, 3.05) is 0 Å². The quantitative estimate of drug-likeness (QED) is 0.548. The lowest BCUT2D eigenvalue weighted by molar-refractivity contribution is -0.110. The third-order valence-electron chi connectivity index (χ3n) is 0.548. The van der Waals surface area contributed by atoms with Crippen molar-refractivity contribution in [3.05, 3.63) is 31.4 Å². The molecule has 0 aromatic rings. The smallest absolute Gasteiger partial charge is 0.177 e. The highest BCUT2D eigenvalue weighted by Crippen LogP contribution is 1.77. The Kier molecular flexibility index (Phi) is 3.80. The van der Waals surface area contributed by atoms with Crippen LogP contribution in [0.3, 0.4) is 0 Å². The first-order valence-corrected chi connectivity index (χ1v) is 2.11. The van der Waals surface area contributed by atoms with Gasteiger partial charge < -0.3 is 5.11 Å². The van der Waals surface area contributed by atoms with Crippen molar-refractivity contribution in [2.45, 2.75) is 0 Å². The number of carbonyl (C=O) groups excluding carboxylic acids is 1. The summed E-state index contributed by atoms with van der Waals surface area (Å²) in [7, 11) is 0. The normalized spacial score (nSPS) is 9.62. The number of hydrogen-bond acceptors (Lipinski definition) is 2. The monoisotopic (exact) mass is 111 g/mol. The first-order valence-electron chi connectivity index (χ1n) is 2.11. The van der Waals surface area contributed by atoms with Crippen LogP contribution in [0.5, 0.6) is 0 Å². The molecule has 0 heterocycles. The average molecular weight is 111 g/mol. The van der Waals surface area contributed by atoms with Gasteiger partial charge in [-0.1, -0.05) is 6.58 Å². The number of hydrogen-bond donors (Lipinski definition) is 1. The minimum absolute atomic E-state index is 0.213. The maximum atomic E-state index is 10.2. The predicted octanol–water partition coefficient (Wildman–Crippen LogP) is 0.832. The lowest BCUT2D eigenvalue weighted by Gasteiger charge is -1.75. The molecule has 0 aliphatic heterocycles. The van der Waals surface area contributed by atoms with E-state index in [1.807, 2.05) is 0 Å². The number of rotatable bonds is 3. The topological polar surface area (TPSA) is 37.3 Å². The van der Waals surface area contributed by atoms with E-state index in [1.165, 1.54) is 18.2 Å². The van der Waals surface area contributed by atoms with E-state index in [2.05, 4.69) is 6.58 Å². The van der Waals surface area contributed by atoms with Crippen LogP contribution in [0, 0.1) is 6.61 Å². The minimum atomic E-state index is -0.213. The maximum Gasteiger partial charge on any atom is 0.177 e. The summed E-state index contributed by atoms with van der Waals surface area (Å²) < 4.78 is 0. The first kappa shape index (κ1) is 7.11. The third kappa shape index (κ3) is 3.31. The average Bonchev–Trinajstić information content (AvgIpc) is 1.83. The van der Waals surface area contributed by atoms with Gasteiger partial charge in [-0.15, -0.1) is 0 Å². The van der Waals surface area contributed by atoms with Crippen molar-refractivity contribution in [1.29, 1.82) is 0 Å². The fourth-order valence-corrected chi connectivity index (χ4v) is 0.206. The molecule has 0 saturated heterocycles.